The van der Waals surface area contributed by atoms with Gasteiger partial charge >= 0.3 is 0 Å². The number of hydrogen-bond acceptors (Lipinski definition) is 3. The van der Waals surface area contributed by atoms with Crippen LogP contribution in [-0.2, 0) is 4.74 Å². The molecule has 0 unspecified atom stereocenters. The van der Waals surface area contributed by atoms with E-state index < -0.39 is 0 Å². The van der Waals surface area contributed by atoms with E-state index in [2.05, 4.69) is 10.3 Å². The zero-order chi connectivity index (χ0) is 15.5. The summed E-state index contributed by atoms with van der Waals surface area (Å²) < 4.78 is 5.79. The molecule has 114 valence electrons. The van der Waals surface area contributed by atoms with Crippen LogP contribution in [0, 0.1) is 6.92 Å². The first-order valence-electron chi connectivity index (χ1n) is 7.24. The summed E-state index contributed by atoms with van der Waals surface area (Å²) in [5.74, 6) is -0.111. The monoisotopic (exact) mass is 316 g/mol. The average molecular weight is 317 g/mol. The summed E-state index contributed by atoms with van der Waals surface area (Å²) in [6.07, 6.45) is 2.33. The number of ether oxygens (including phenoxy) is 1. The van der Waals surface area contributed by atoms with Gasteiger partial charge in [0.1, 0.15) is 6.10 Å². The van der Waals surface area contributed by atoms with Gasteiger partial charge in [-0.3, -0.25) is 9.78 Å². The Hall–Kier alpha value is -1.91. The number of carbonyl (C=O) groups is 1. The summed E-state index contributed by atoms with van der Waals surface area (Å²) >= 11 is 5.92. The molecule has 1 aromatic heterocycles. The Morgan fingerprint density at radius 1 is 1.32 bits per heavy atom. The largest absolute Gasteiger partial charge is 0.371 e. The van der Waals surface area contributed by atoms with Crippen molar-refractivity contribution in [2.24, 2.45) is 0 Å². The first kappa shape index (κ1) is 15.0. The zero-order valence-corrected chi connectivity index (χ0v) is 13.0. The minimum Gasteiger partial charge on any atom is -0.371 e. The van der Waals surface area contributed by atoms with Crippen molar-refractivity contribution in [1.82, 2.24) is 10.3 Å². The van der Waals surface area contributed by atoms with E-state index in [4.69, 9.17) is 16.3 Å². The van der Waals surface area contributed by atoms with Crippen LogP contribution in [0.4, 0.5) is 0 Å². The van der Waals surface area contributed by atoms with Gasteiger partial charge in [0.05, 0.1) is 11.6 Å². The molecule has 5 heteroatoms. The van der Waals surface area contributed by atoms with Crippen LogP contribution in [0.1, 0.15) is 34.1 Å². The van der Waals surface area contributed by atoms with Gasteiger partial charge in [-0.15, -0.1) is 0 Å². The maximum Gasteiger partial charge on any atom is 0.253 e. The number of halogens is 1. The van der Waals surface area contributed by atoms with Crippen molar-refractivity contribution in [3.63, 3.8) is 0 Å². The number of nitrogens with one attached hydrogen (secondary N) is 1. The molecule has 1 aliphatic rings. The van der Waals surface area contributed by atoms with Crippen LogP contribution in [0.2, 0.25) is 5.02 Å². The highest BCUT2D eigenvalue weighted by Crippen LogP contribution is 2.30. The fraction of sp³-hybridized carbons (Fsp3) is 0.294. The van der Waals surface area contributed by atoms with Crippen molar-refractivity contribution in [3.8, 4) is 0 Å². The Balaban J connectivity index is 1.75. The van der Waals surface area contributed by atoms with Crippen LogP contribution >= 0.6 is 11.6 Å². The molecule has 0 spiro atoms. The van der Waals surface area contributed by atoms with Gasteiger partial charge in [-0.25, -0.2) is 0 Å². The third kappa shape index (κ3) is 3.13. The van der Waals surface area contributed by atoms with E-state index in [1.807, 2.05) is 31.2 Å². The molecule has 2 heterocycles. The molecule has 2 aromatic rings. The van der Waals surface area contributed by atoms with E-state index in [1.54, 1.807) is 18.3 Å². The van der Waals surface area contributed by atoms with Gasteiger partial charge in [-0.2, -0.15) is 0 Å². The Morgan fingerprint density at radius 3 is 2.82 bits per heavy atom. The lowest BCUT2D eigenvalue weighted by atomic mass is 10.0. The number of carbonyl (C=O) groups excluding carboxylic acids is 1. The normalized spacial score (nSPS) is 20.8. The van der Waals surface area contributed by atoms with Crippen molar-refractivity contribution in [2.75, 3.05) is 6.61 Å². The highest BCUT2D eigenvalue weighted by atomic mass is 35.5. The smallest absolute Gasteiger partial charge is 0.253 e. The predicted octanol–water partition coefficient (Wildman–Crippen LogP) is 3.30. The standard InChI is InChI=1S/C17H17ClN2O2/c1-11-14(3-2-9-19-11)17(21)20-15-8-10-22-16(15)12-4-6-13(18)7-5-12/h2-7,9,15-16H,8,10H2,1H3,(H,20,21)/t15-,16+/m0/s1. The third-order valence-corrected chi connectivity index (χ3v) is 4.11. The van der Waals surface area contributed by atoms with Crippen LogP contribution < -0.4 is 5.32 Å². The van der Waals surface area contributed by atoms with E-state index in [0.29, 0.717) is 17.2 Å². The van der Waals surface area contributed by atoms with E-state index in [-0.39, 0.29) is 18.1 Å². The SMILES string of the molecule is Cc1ncccc1C(=O)N[C@H]1CCO[C@@H]1c1ccc(Cl)cc1. The molecule has 1 saturated heterocycles. The molecule has 4 nitrogen and oxygen atoms in total. The molecule has 1 N–H and O–H groups in total. The topological polar surface area (TPSA) is 51.2 Å². The third-order valence-electron chi connectivity index (χ3n) is 3.86. The van der Waals surface area contributed by atoms with Crippen molar-refractivity contribution >= 4 is 17.5 Å². The zero-order valence-electron chi connectivity index (χ0n) is 12.3. The highest BCUT2D eigenvalue weighted by molar-refractivity contribution is 6.30. The molecule has 1 aromatic carbocycles. The highest BCUT2D eigenvalue weighted by Gasteiger charge is 2.31. The van der Waals surface area contributed by atoms with Gasteiger partial charge in [0, 0.05) is 23.5 Å². The van der Waals surface area contributed by atoms with Crippen LogP contribution in [0.3, 0.4) is 0 Å². The van der Waals surface area contributed by atoms with Gasteiger partial charge < -0.3 is 10.1 Å². The molecule has 2 atom stereocenters. The second-order valence-corrected chi connectivity index (χ2v) is 5.78. The summed E-state index contributed by atoms with van der Waals surface area (Å²) in [6.45, 7) is 2.46. The maximum absolute atomic E-state index is 12.4. The van der Waals surface area contributed by atoms with Crippen molar-refractivity contribution in [3.05, 3.63) is 64.4 Å². The second-order valence-electron chi connectivity index (χ2n) is 5.35. The molecule has 0 aliphatic carbocycles. The fourth-order valence-electron chi connectivity index (χ4n) is 2.69. The summed E-state index contributed by atoms with van der Waals surface area (Å²) in [5, 5.41) is 3.75. The number of pyridine rings is 1. The summed E-state index contributed by atoms with van der Waals surface area (Å²) in [6, 6.07) is 11.0. The fourth-order valence-corrected chi connectivity index (χ4v) is 2.81. The molecule has 3 rings (SSSR count). The number of benzene rings is 1. The minimum atomic E-state index is -0.141. The number of aromatic nitrogens is 1. The number of hydrogen-bond donors (Lipinski definition) is 1. The second kappa shape index (κ2) is 6.46. The Labute approximate surface area is 134 Å². The molecular weight excluding hydrogens is 300 g/mol. The van der Waals surface area contributed by atoms with Gasteiger partial charge in [-0.1, -0.05) is 23.7 Å². The van der Waals surface area contributed by atoms with Crippen LogP contribution in [0.5, 0.6) is 0 Å². The Morgan fingerprint density at radius 2 is 2.09 bits per heavy atom. The van der Waals surface area contributed by atoms with Gasteiger partial charge in [0.25, 0.3) is 5.91 Å². The molecule has 1 fully saturated rings. The summed E-state index contributed by atoms with van der Waals surface area (Å²) in [7, 11) is 0. The Kier molecular flexibility index (Phi) is 4.41. The van der Waals surface area contributed by atoms with Gasteiger partial charge in [-0.05, 0) is 43.2 Å². The average Bonchev–Trinajstić information content (AvgIpc) is 2.96. The van der Waals surface area contributed by atoms with E-state index >= 15 is 0 Å². The number of rotatable bonds is 3. The molecule has 0 bridgehead atoms. The quantitative estimate of drug-likeness (QED) is 0.945. The van der Waals surface area contributed by atoms with Crippen molar-refractivity contribution in [2.45, 2.75) is 25.5 Å². The lowest BCUT2D eigenvalue weighted by Gasteiger charge is -2.20. The summed E-state index contributed by atoms with van der Waals surface area (Å²) in [4.78, 5) is 16.6. The molecule has 22 heavy (non-hydrogen) atoms. The first-order valence-corrected chi connectivity index (χ1v) is 7.62. The van der Waals surface area contributed by atoms with Crippen LogP contribution in [-0.4, -0.2) is 23.5 Å². The number of nitrogens with zero attached hydrogens (tertiary/aromatic N) is 1. The molecule has 1 amide bonds. The minimum absolute atomic E-state index is 0.0479. The van der Waals surface area contributed by atoms with E-state index in [1.165, 1.54) is 0 Å². The van der Waals surface area contributed by atoms with Crippen molar-refractivity contribution in [1.29, 1.82) is 0 Å². The lowest BCUT2D eigenvalue weighted by Crippen LogP contribution is -2.37. The maximum atomic E-state index is 12.4. The predicted molar refractivity (Wildman–Crippen MR) is 85.0 cm³/mol. The van der Waals surface area contributed by atoms with E-state index in [9.17, 15) is 4.79 Å². The molecule has 0 radical (unpaired) electrons. The molecule has 1 aliphatic heterocycles. The summed E-state index contributed by atoms with van der Waals surface area (Å²) in [5.41, 5.74) is 2.35. The van der Waals surface area contributed by atoms with E-state index in [0.717, 1.165) is 17.7 Å². The van der Waals surface area contributed by atoms with Crippen LogP contribution in [0.15, 0.2) is 42.6 Å². The van der Waals surface area contributed by atoms with Gasteiger partial charge in [0.15, 0.2) is 0 Å². The molecule has 0 saturated carbocycles. The number of aryl methyl sites for hydroxylation is 1. The molecular formula is C17H17ClN2O2. The first-order chi connectivity index (χ1) is 10.6. The Bertz CT molecular complexity index is 673. The number of amides is 1. The van der Waals surface area contributed by atoms with Crippen molar-refractivity contribution < 1.29 is 9.53 Å². The van der Waals surface area contributed by atoms with Crippen LogP contribution in [0.25, 0.3) is 0 Å². The lowest BCUT2D eigenvalue weighted by molar-refractivity contribution is 0.0821. The van der Waals surface area contributed by atoms with Gasteiger partial charge in [0.2, 0.25) is 0 Å².